The lowest BCUT2D eigenvalue weighted by Crippen LogP contribution is -2.47. The zero-order valence-electron chi connectivity index (χ0n) is 16.7. The van der Waals surface area contributed by atoms with Gasteiger partial charge in [0.1, 0.15) is 11.5 Å². The number of aromatic nitrogens is 1. The zero-order valence-corrected chi connectivity index (χ0v) is 17.5. The monoisotopic (exact) mass is 469 g/mol. The number of amides is 1. The number of nitro benzene ring substituents is 1. The number of anilines is 2. The minimum Gasteiger partial charge on any atom is -0.362 e. The number of pyridine rings is 1. The molecular formula is C20H19ClF3N5O3. The van der Waals surface area contributed by atoms with Crippen molar-refractivity contribution in [2.45, 2.75) is 25.1 Å². The standard InChI is InChI=1S/C20H19ClF3N5O3/c21-15-10-13(20(22,23)24)11-25-18(15)28-7-5-27(6-8-28)16-4-1-12(9-17(16)29(31)32)19(30)26-14-2-3-14/h1,4,9-11,14H,2-3,5-8H2,(H,26,30). The maximum Gasteiger partial charge on any atom is 0.417 e. The van der Waals surface area contributed by atoms with E-state index in [2.05, 4.69) is 10.3 Å². The molecule has 1 aliphatic carbocycles. The van der Waals surface area contributed by atoms with Gasteiger partial charge in [0.2, 0.25) is 0 Å². The lowest BCUT2D eigenvalue weighted by atomic mass is 10.1. The second-order valence-electron chi connectivity index (χ2n) is 7.71. The summed E-state index contributed by atoms with van der Waals surface area (Å²) in [5.74, 6) is -0.101. The highest BCUT2D eigenvalue weighted by atomic mass is 35.5. The zero-order chi connectivity index (χ0) is 23.0. The third-order valence-electron chi connectivity index (χ3n) is 5.42. The molecule has 2 aliphatic rings. The molecule has 8 nitrogen and oxygen atoms in total. The fourth-order valence-electron chi connectivity index (χ4n) is 3.55. The minimum absolute atomic E-state index is 0.106. The number of nitro groups is 1. The first-order valence-electron chi connectivity index (χ1n) is 9.95. The molecule has 2 heterocycles. The Hall–Kier alpha value is -3.08. The van der Waals surface area contributed by atoms with Gasteiger partial charge < -0.3 is 15.1 Å². The molecule has 2 fully saturated rings. The number of hydrogen-bond acceptors (Lipinski definition) is 6. The highest BCUT2D eigenvalue weighted by Gasteiger charge is 2.33. The van der Waals surface area contributed by atoms with Gasteiger partial charge in [0, 0.05) is 50.0 Å². The van der Waals surface area contributed by atoms with E-state index in [9.17, 15) is 28.1 Å². The fraction of sp³-hybridized carbons (Fsp3) is 0.400. The lowest BCUT2D eigenvalue weighted by Gasteiger charge is -2.36. The van der Waals surface area contributed by atoms with Crippen molar-refractivity contribution in [3.8, 4) is 0 Å². The first-order chi connectivity index (χ1) is 15.1. The molecule has 1 saturated carbocycles. The lowest BCUT2D eigenvalue weighted by molar-refractivity contribution is -0.384. The summed E-state index contributed by atoms with van der Waals surface area (Å²) in [7, 11) is 0. The van der Waals surface area contributed by atoms with Gasteiger partial charge in [-0.3, -0.25) is 14.9 Å². The largest absolute Gasteiger partial charge is 0.417 e. The number of hydrogen-bond donors (Lipinski definition) is 1. The van der Waals surface area contributed by atoms with E-state index in [-0.39, 0.29) is 34.0 Å². The van der Waals surface area contributed by atoms with Gasteiger partial charge in [0.25, 0.3) is 11.6 Å². The van der Waals surface area contributed by atoms with Gasteiger partial charge in [0.05, 0.1) is 15.5 Å². The molecule has 12 heteroatoms. The maximum atomic E-state index is 12.8. The second kappa shape index (κ2) is 8.45. The molecule has 170 valence electrons. The van der Waals surface area contributed by atoms with E-state index in [1.54, 1.807) is 21.9 Å². The summed E-state index contributed by atoms with van der Waals surface area (Å²) in [5, 5.41) is 14.3. The third kappa shape index (κ3) is 4.72. The minimum atomic E-state index is -4.53. The maximum absolute atomic E-state index is 12.8. The van der Waals surface area contributed by atoms with Crippen molar-refractivity contribution in [1.82, 2.24) is 10.3 Å². The molecule has 1 N–H and O–H groups in total. The van der Waals surface area contributed by atoms with Gasteiger partial charge in [-0.15, -0.1) is 0 Å². The Morgan fingerprint density at radius 1 is 1.16 bits per heavy atom. The fourth-order valence-corrected chi connectivity index (χ4v) is 3.84. The number of piperazine rings is 1. The number of nitrogens with one attached hydrogen (secondary N) is 1. The quantitative estimate of drug-likeness (QED) is 0.528. The smallest absolute Gasteiger partial charge is 0.362 e. The third-order valence-corrected chi connectivity index (χ3v) is 5.69. The van der Waals surface area contributed by atoms with Crippen molar-refractivity contribution in [3.05, 3.63) is 56.7 Å². The van der Waals surface area contributed by atoms with Crippen molar-refractivity contribution in [3.63, 3.8) is 0 Å². The molecule has 0 radical (unpaired) electrons. The van der Waals surface area contributed by atoms with E-state index in [1.807, 2.05) is 0 Å². The Kier molecular flexibility index (Phi) is 5.85. The number of carbonyl (C=O) groups is 1. The van der Waals surface area contributed by atoms with Crippen LogP contribution in [0, 0.1) is 10.1 Å². The molecule has 1 aliphatic heterocycles. The summed E-state index contributed by atoms with van der Waals surface area (Å²) in [6, 6.07) is 5.36. The first-order valence-corrected chi connectivity index (χ1v) is 10.3. The van der Waals surface area contributed by atoms with Crippen LogP contribution in [-0.4, -0.2) is 48.0 Å². The number of alkyl halides is 3. The summed E-state index contributed by atoms with van der Waals surface area (Å²) < 4.78 is 38.5. The van der Waals surface area contributed by atoms with Crippen molar-refractivity contribution in [2.75, 3.05) is 36.0 Å². The summed E-state index contributed by atoms with van der Waals surface area (Å²) in [6.45, 7) is 1.46. The molecule has 1 aromatic heterocycles. The van der Waals surface area contributed by atoms with Crippen LogP contribution >= 0.6 is 11.6 Å². The van der Waals surface area contributed by atoms with E-state index in [4.69, 9.17) is 11.6 Å². The predicted octanol–water partition coefficient (Wildman–Crippen LogP) is 3.88. The Bertz CT molecular complexity index is 1050. The number of benzene rings is 1. The summed E-state index contributed by atoms with van der Waals surface area (Å²) in [4.78, 5) is 30.8. The van der Waals surface area contributed by atoms with Crippen LogP contribution in [0.2, 0.25) is 5.02 Å². The predicted molar refractivity (Wildman–Crippen MR) is 112 cm³/mol. The average Bonchev–Trinajstić information content (AvgIpc) is 3.56. The first kappa shape index (κ1) is 22.1. The van der Waals surface area contributed by atoms with Gasteiger partial charge in [-0.2, -0.15) is 13.2 Å². The molecule has 0 bridgehead atoms. The topological polar surface area (TPSA) is 91.6 Å². The molecule has 1 amide bonds. The molecular weight excluding hydrogens is 451 g/mol. The van der Waals surface area contributed by atoms with Crippen molar-refractivity contribution in [1.29, 1.82) is 0 Å². The van der Waals surface area contributed by atoms with Crippen LogP contribution < -0.4 is 15.1 Å². The van der Waals surface area contributed by atoms with Crippen LogP contribution in [0.15, 0.2) is 30.5 Å². The van der Waals surface area contributed by atoms with Gasteiger partial charge in [0.15, 0.2) is 0 Å². The molecule has 1 saturated heterocycles. The SMILES string of the molecule is O=C(NC1CC1)c1ccc(N2CCN(c3ncc(C(F)(F)F)cc3Cl)CC2)c([N+](=O)[O-])c1. The van der Waals surface area contributed by atoms with E-state index < -0.39 is 16.7 Å². The van der Waals surface area contributed by atoms with E-state index in [1.165, 1.54) is 6.07 Å². The second-order valence-corrected chi connectivity index (χ2v) is 8.12. The number of nitrogens with zero attached hydrogens (tertiary/aromatic N) is 4. The normalized spacial score (nSPS) is 16.8. The summed E-state index contributed by atoms with van der Waals surface area (Å²) in [6.07, 6.45) is -1.97. The van der Waals surface area contributed by atoms with Gasteiger partial charge in [-0.1, -0.05) is 11.6 Å². The highest BCUT2D eigenvalue weighted by molar-refractivity contribution is 6.33. The number of rotatable bonds is 5. The highest BCUT2D eigenvalue weighted by Crippen LogP contribution is 2.35. The molecule has 32 heavy (non-hydrogen) atoms. The van der Waals surface area contributed by atoms with Crippen molar-refractivity contribution < 1.29 is 22.9 Å². The Morgan fingerprint density at radius 3 is 2.38 bits per heavy atom. The molecule has 0 unspecified atom stereocenters. The van der Waals surface area contributed by atoms with E-state index in [0.29, 0.717) is 31.9 Å². The van der Waals surface area contributed by atoms with Crippen LogP contribution in [-0.2, 0) is 6.18 Å². The molecule has 2 aromatic rings. The van der Waals surface area contributed by atoms with Crippen molar-refractivity contribution in [2.24, 2.45) is 0 Å². The van der Waals surface area contributed by atoms with Crippen molar-refractivity contribution >= 4 is 34.7 Å². The van der Waals surface area contributed by atoms with Crippen LogP contribution in [0.3, 0.4) is 0 Å². The Balaban J connectivity index is 1.48. The van der Waals surface area contributed by atoms with Crippen LogP contribution in [0.4, 0.5) is 30.4 Å². The molecule has 4 rings (SSSR count). The van der Waals surface area contributed by atoms with Crippen LogP contribution in [0.1, 0.15) is 28.8 Å². The molecule has 0 atom stereocenters. The van der Waals surface area contributed by atoms with Crippen LogP contribution in [0.25, 0.3) is 0 Å². The van der Waals surface area contributed by atoms with Crippen LogP contribution in [0.5, 0.6) is 0 Å². The van der Waals surface area contributed by atoms with E-state index in [0.717, 1.165) is 25.1 Å². The van der Waals surface area contributed by atoms with Gasteiger partial charge in [-0.05, 0) is 31.0 Å². The van der Waals surface area contributed by atoms with Gasteiger partial charge in [-0.25, -0.2) is 4.98 Å². The number of halogens is 4. The number of carbonyl (C=O) groups excluding carboxylic acids is 1. The Morgan fingerprint density at radius 2 is 1.81 bits per heavy atom. The van der Waals surface area contributed by atoms with E-state index >= 15 is 0 Å². The summed E-state index contributed by atoms with van der Waals surface area (Å²) >= 11 is 6.03. The summed E-state index contributed by atoms with van der Waals surface area (Å²) in [5.41, 5.74) is -0.491. The molecule has 0 spiro atoms. The van der Waals surface area contributed by atoms with Gasteiger partial charge >= 0.3 is 6.18 Å². The molecule has 1 aromatic carbocycles. The Labute approximate surface area is 186 Å². The average molecular weight is 470 g/mol.